The van der Waals surface area contributed by atoms with Crippen LogP contribution in [0.15, 0.2) is 0 Å². The van der Waals surface area contributed by atoms with Crippen LogP contribution in [0.1, 0.15) is 33.1 Å². The van der Waals surface area contributed by atoms with Crippen LogP contribution in [0, 0.1) is 5.92 Å². The largest absolute Gasteiger partial charge is 0.465 e. The standard InChI is InChI=1S/C12H24N2O2/c1-3-14(9-12(15)16-4-2)11-7-5-6-10(11)8-13/h10-11H,3-9,13H2,1-2H3. The Morgan fingerprint density at radius 3 is 2.75 bits per heavy atom. The Morgan fingerprint density at radius 2 is 2.19 bits per heavy atom. The number of likely N-dealkylation sites (N-methyl/N-ethyl adjacent to an activating group) is 1. The van der Waals surface area contributed by atoms with Crippen molar-refractivity contribution >= 4 is 5.97 Å². The molecule has 94 valence electrons. The molecule has 0 aromatic heterocycles. The summed E-state index contributed by atoms with van der Waals surface area (Å²) in [6.07, 6.45) is 3.58. The summed E-state index contributed by atoms with van der Waals surface area (Å²) in [5.41, 5.74) is 5.76. The molecule has 16 heavy (non-hydrogen) atoms. The quantitative estimate of drug-likeness (QED) is 0.689. The van der Waals surface area contributed by atoms with E-state index in [9.17, 15) is 4.79 Å². The summed E-state index contributed by atoms with van der Waals surface area (Å²) in [5.74, 6) is 0.432. The third-order valence-electron chi connectivity index (χ3n) is 3.43. The fourth-order valence-corrected chi connectivity index (χ4v) is 2.61. The highest BCUT2D eigenvalue weighted by atomic mass is 16.5. The first-order valence-corrected chi connectivity index (χ1v) is 6.32. The molecule has 0 amide bonds. The van der Waals surface area contributed by atoms with Gasteiger partial charge in [-0.15, -0.1) is 0 Å². The van der Waals surface area contributed by atoms with E-state index in [1.54, 1.807) is 0 Å². The van der Waals surface area contributed by atoms with E-state index in [1.807, 2.05) is 6.92 Å². The van der Waals surface area contributed by atoms with Crippen molar-refractivity contribution in [2.45, 2.75) is 39.2 Å². The second-order valence-electron chi connectivity index (χ2n) is 4.36. The smallest absolute Gasteiger partial charge is 0.320 e. The van der Waals surface area contributed by atoms with Crippen molar-refractivity contribution in [2.75, 3.05) is 26.2 Å². The first-order valence-electron chi connectivity index (χ1n) is 6.32. The monoisotopic (exact) mass is 228 g/mol. The van der Waals surface area contributed by atoms with Crippen LogP contribution in [0.3, 0.4) is 0 Å². The minimum Gasteiger partial charge on any atom is -0.465 e. The first kappa shape index (κ1) is 13.5. The number of ether oxygens (including phenoxy) is 1. The summed E-state index contributed by atoms with van der Waals surface area (Å²) >= 11 is 0. The SMILES string of the molecule is CCOC(=O)CN(CC)C1CCCC1CN. The lowest BCUT2D eigenvalue weighted by atomic mass is 10.0. The van der Waals surface area contributed by atoms with Crippen molar-refractivity contribution in [3.05, 3.63) is 0 Å². The van der Waals surface area contributed by atoms with E-state index in [0.717, 1.165) is 19.5 Å². The summed E-state index contributed by atoms with van der Waals surface area (Å²) < 4.78 is 4.99. The Bertz CT molecular complexity index is 221. The molecule has 0 aromatic carbocycles. The molecule has 1 aliphatic rings. The maximum Gasteiger partial charge on any atom is 0.320 e. The number of nitrogens with two attached hydrogens (primary N) is 1. The lowest BCUT2D eigenvalue weighted by Crippen LogP contribution is -2.43. The highest BCUT2D eigenvalue weighted by Gasteiger charge is 2.31. The Labute approximate surface area is 98.1 Å². The van der Waals surface area contributed by atoms with Crippen molar-refractivity contribution in [1.82, 2.24) is 4.90 Å². The van der Waals surface area contributed by atoms with E-state index in [-0.39, 0.29) is 5.97 Å². The molecule has 0 heterocycles. The van der Waals surface area contributed by atoms with Crippen molar-refractivity contribution in [2.24, 2.45) is 11.7 Å². The highest BCUT2D eigenvalue weighted by molar-refractivity contribution is 5.71. The molecule has 0 saturated heterocycles. The molecule has 2 atom stereocenters. The van der Waals surface area contributed by atoms with Crippen molar-refractivity contribution in [1.29, 1.82) is 0 Å². The summed E-state index contributed by atoms with van der Waals surface area (Å²) in [7, 11) is 0. The van der Waals surface area contributed by atoms with Crippen molar-refractivity contribution < 1.29 is 9.53 Å². The molecule has 2 N–H and O–H groups in total. The molecule has 0 radical (unpaired) electrons. The molecule has 1 rings (SSSR count). The van der Waals surface area contributed by atoms with Gasteiger partial charge in [0, 0.05) is 6.04 Å². The normalized spacial score (nSPS) is 25.0. The van der Waals surface area contributed by atoms with Crippen LogP contribution < -0.4 is 5.73 Å². The third-order valence-corrected chi connectivity index (χ3v) is 3.43. The molecule has 0 spiro atoms. The minimum absolute atomic E-state index is 0.118. The van der Waals surface area contributed by atoms with Gasteiger partial charge in [0.1, 0.15) is 0 Å². The summed E-state index contributed by atoms with van der Waals surface area (Å²) in [5, 5.41) is 0. The predicted octanol–water partition coefficient (Wildman–Crippen LogP) is 0.999. The van der Waals surface area contributed by atoms with Crippen LogP contribution in [0.5, 0.6) is 0 Å². The van der Waals surface area contributed by atoms with E-state index in [0.29, 0.717) is 25.1 Å². The summed E-state index contributed by atoms with van der Waals surface area (Å²) in [6.45, 7) is 6.41. The van der Waals surface area contributed by atoms with E-state index >= 15 is 0 Å². The van der Waals surface area contributed by atoms with Gasteiger partial charge in [0.15, 0.2) is 0 Å². The number of rotatable bonds is 6. The highest BCUT2D eigenvalue weighted by Crippen LogP contribution is 2.28. The average Bonchev–Trinajstić information content (AvgIpc) is 2.74. The molecule has 0 aliphatic heterocycles. The van der Waals surface area contributed by atoms with Crippen LogP contribution >= 0.6 is 0 Å². The molecular weight excluding hydrogens is 204 g/mol. The molecule has 0 bridgehead atoms. The van der Waals surface area contributed by atoms with Gasteiger partial charge in [0.2, 0.25) is 0 Å². The van der Waals surface area contributed by atoms with Gasteiger partial charge in [0.05, 0.1) is 13.2 Å². The van der Waals surface area contributed by atoms with E-state index in [2.05, 4.69) is 11.8 Å². The number of carbonyl (C=O) groups is 1. The topological polar surface area (TPSA) is 55.6 Å². The van der Waals surface area contributed by atoms with Crippen LogP contribution in [0.2, 0.25) is 0 Å². The van der Waals surface area contributed by atoms with E-state index in [4.69, 9.17) is 10.5 Å². The maximum absolute atomic E-state index is 11.5. The number of hydrogen-bond acceptors (Lipinski definition) is 4. The average molecular weight is 228 g/mol. The molecule has 4 nitrogen and oxygen atoms in total. The molecule has 2 unspecified atom stereocenters. The molecule has 1 fully saturated rings. The van der Waals surface area contributed by atoms with Crippen LogP contribution in [-0.4, -0.2) is 43.2 Å². The van der Waals surface area contributed by atoms with Gasteiger partial charge in [-0.2, -0.15) is 0 Å². The number of nitrogens with zero attached hydrogens (tertiary/aromatic N) is 1. The van der Waals surface area contributed by atoms with Crippen molar-refractivity contribution in [3.63, 3.8) is 0 Å². The molecular formula is C12H24N2O2. The number of esters is 1. The fourth-order valence-electron chi connectivity index (χ4n) is 2.61. The van der Waals surface area contributed by atoms with Crippen LogP contribution in [-0.2, 0) is 9.53 Å². The molecule has 0 aromatic rings. The maximum atomic E-state index is 11.5. The van der Waals surface area contributed by atoms with Crippen LogP contribution in [0.4, 0.5) is 0 Å². The number of hydrogen-bond donors (Lipinski definition) is 1. The van der Waals surface area contributed by atoms with Gasteiger partial charge < -0.3 is 10.5 Å². The van der Waals surface area contributed by atoms with E-state index in [1.165, 1.54) is 12.8 Å². The van der Waals surface area contributed by atoms with Gasteiger partial charge in [-0.05, 0) is 38.8 Å². The van der Waals surface area contributed by atoms with Crippen molar-refractivity contribution in [3.8, 4) is 0 Å². The lowest BCUT2D eigenvalue weighted by molar-refractivity contribution is -0.145. The van der Waals surface area contributed by atoms with Crippen LogP contribution in [0.25, 0.3) is 0 Å². The fraction of sp³-hybridized carbons (Fsp3) is 0.917. The Morgan fingerprint density at radius 1 is 1.44 bits per heavy atom. The zero-order chi connectivity index (χ0) is 12.0. The van der Waals surface area contributed by atoms with E-state index < -0.39 is 0 Å². The summed E-state index contributed by atoms with van der Waals surface area (Å²) in [6, 6.07) is 0.472. The molecule has 1 saturated carbocycles. The summed E-state index contributed by atoms with van der Waals surface area (Å²) in [4.78, 5) is 13.7. The van der Waals surface area contributed by atoms with Gasteiger partial charge >= 0.3 is 5.97 Å². The van der Waals surface area contributed by atoms with Gasteiger partial charge in [-0.25, -0.2) is 0 Å². The third kappa shape index (κ3) is 3.46. The lowest BCUT2D eigenvalue weighted by Gasteiger charge is -2.30. The molecule has 4 heteroatoms. The van der Waals surface area contributed by atoms with Gasteiger partial charge in [-0.1, -0.05) is 13.3 Å². The first-order chi connectivity index (χ1) is 7.72. The Kier molecular flexibility index (Phi) is 5.77. The zero-order valence-electron chi connectivity index (χ0n) is 10.4. The molecule has 1 aliphatic carbocycles. The second-order valence-corrected chi connectivity index (χ2v) is 4.36. The van der Waals surface area contributed by atoms with Gasteiger partial charge in [-0.3, -0.25) is 9.69 Å². The number of carbonyl (C=O) groups excluding carboxylic acids is 1. The zero-order valence-corrected chi connectivity index (χ0v) is 10.4. The Hall–Kier alpha value is -0.610. The predicted molar refractivity (Wildman–Crippen MR) is 64.1 cm³/mol. The van der Waals surface area contributed by atoms with Gasteiger partial charge in [0.25, 0.3) is 0 Å². The second kappa shape index (κ2) is 6.86. The Balaban J connectivity index is 2.49. The minimum atomic E-state index is -0.118.